The average Bonchev–Trinajstić information content (AvgIpc) is 2.28. The van der Waals surface area contributed by atoms with E-state index in [-0.39, 0.29) is 0 Å². The number of rotatable bonds is 3. The quantitative estimate of drug-likeness (QED) is 0.821. The van der Waals surface area contributed by atoms with Crippen LogP contribution >= 0.6 is 15.9 Å². The molecule has 1 atom stereocenters. The van der Waals surface area contributed by atoms with E-state index in [2.05, 4.69) is 37.6 Å². The van der Waals surface area contributed by atoms with Crippen LogP contribution < -0.4 is 10.6 Å². The summed E-state index contributed by atoms with van der Waals surface area (Å²) in [6.45, 7) is 3.18. The molecule has 0 bridgehead atoms. The molecule has 4 heteroatoms. The van der Waals surface area contributed by atoms with Crippen LogP contribution in [0.2, 0.25) is 0 Å². The van der Waals surface area contributed by atoms with Crippen LogP contribution in [-0.2, 0) is 6.54 Å². The molecule has 0 aromatic carbocycles. The SMILES string of the molecule is Brc1cc(CNC2CCCNC2)ccn1. The summed E-state index contributed by atoms with van der Waals surface area (Å²) in [4.78, 5) is 4.11. The highest BCUT2D eigenvalue weighted by Crippen LogP contribution is 2.09. The Labute approximate surface area is 98.8 Å². The van der Waals surface area contributed by atoms with Crippen molar-refractivity contribution in [2.75, 3.05) is 13.1 Å². The molecular formula is C11H16BrN3. The maximum Gasteiger partial charge on any atom is 0.106 e. The van der Waals surface area contributed by atoms with Crippen molar-refractivity contribution in [2.24, 2.45) is 0 Å². The van der Waals surface area contributed by atoms with Crippen molar-refractivity contribution >= 4 is 15.9 Å². The van der Waals surface area contributed by atoms with Crippen LogP contribution in [-0.4, -0.2) is 24.1 Å². The normalized spacial score (nSPS) is 21.5. The largest absolute Gasteiger partial charge is 0.315 e. The Balaban J connectivity index is 1.81. The molecule has 0 aliphatic carbocycles. The molecule has 2 N–H and O–H groups in total. The van der Waals surface area contributed by atoms with E-state index in [1.807, 2.05) is 12.3 Å². The Morgan fingerprint density at radius 1 is 1.60 bits per heavy atom. The minimum Gasteiger partial charge on any atom is -0.315 e. The third kappa shape index (κ3) is 3.55. The van der Waals surface area contributed by atoms with Gasteiger partial charge in [0.2, 0.25) is 0 Å². The van der Waals surface area contributed by atoms with Crippen molar-refractivity contribution < 1.29 is 0 Å². The van der Waals surface area contributed by atoms with Gasteiger partial charge in [0.05, 0.1) is 0 Å². The zero-order chi connectivity index (χ0) is 10.5. The van der Waals surface area contributed by atoms with Gasteiger partial charge >= 0.3 is 0 Å². The van der Waals surface area contributed by atoms with Gasteiger partial charge in [0.25, 0.3) is 0 Å². The molecule has 0 amide bonds. The third-order valence-electron chi connectivity index (χ3n) is 2.68. The molecule has 0 radical (unpaired) electrons. The topological polar surface area (TPSA) is 37.0 Å². The lowest BCUT2D eigenvalue weighted by Gasteiger charge is -2.23. The Kier molecular flexibility index (Phi) is 4.11. The van der Waals surface area contributed by atoms with Crippen LogP contribution in [0.5, 0.6) is 0 Å². The predicted octanol–water partition coefficient (Wildman–Crippen LogP) is 1.69. The lowest BCUT2D eigenvalue weighted by molar-refractivity contribution is 0.389. The molecule has 0 saturated carbocycles. The first-order valence-electron chi connectivity index (χ1n) is 5.39. The number of aromatic nitrogens is 1. The lowest BCUT2D eigenvalue weighted by atomic mass is 10.1. The van der Waals surface area contributed by atoms with Gasteiger partial charge in [-0.05, 0) is 53.0 Å². The molecule has 2 heterocycles. The van der Waals surface area contributed by atoms with Gasteiger partial charge in [0.15, 0.2) is 0 Å². The van der Waals surface area contributed by atoms with Crippen LogP contribution in [0.25, 0.3) is 0 Å². The van der Waals surface area contributed by atoms with Gasteiger partial charge in [0.1, 0.15) is 4.60 Å². The summed E-state index contributed by atoms with van der Waals surface area (Å²) in [6, 6.07) is 4.72. The van der Waals surface area contributed by atoms with Gasteiger partial charge in [-0.25, -0.2) is 4.98 Å². The van der Waals surface area contributed by atoms with Crippen molar-refractivity contribution in [3.8, 4) is 0 Å². The average molecular weight is 270 g/mol. The maximum atomic E-state index is 4.11. The summed E-state index contributed by atoms with van der Waals surface area (Å²) in [7, 11) is 0. The fourth-order valence-corrected chi connectivity index (χ4v) is 2.25. The summed E-state index contributed by atoms with van der Waals surface area (Å²) >= 11 is 3.38. The molecular weight excluding hydrogens is 254 g/mol. The van der Waals surface area contributed by atoms with Crippen LogP contribution in [0.15, 0.2) is 22.9 Å². The minimum atomic E-state index is 0.616. The first-order valence-corrected chi connectivity index (χ1v) is 6.18. The smallest absolute Gasteiger partial charge is 0.106 e. The van der Waals surface area contributed by atoms with E-state index in [1.165, 1.54) is 24.9 Å². The molecule has 1 aliphatic heterocycles. The summed E-state index contributed by atoms with van der Waals surface area (Å²) in [5.74, 6) is 0. The number of nitrogens with zero attached hydrogens (tertiary/aromatic N) is 1. The molecule has 1 aromatic heterocycles. The van der Waals surface area contributed by atoms with Crippen molar-refractivity contribution in [3.05, 3.63) is 28.5 Å². The monoisotopic (exact) mass is 269 g/mol. The zero-order valence-corrected chi connectivity index (χ0v) is 10.3. The second-order valence-electron chi connectivity index (χ2n) is 3.91. The van der Waals surface area contributed by atoms with E-state index in [1.54, 1.807) is 0 Å². The summed E-state index contributed by atoms with van der Waals surface area (Å²) in [6.07, 6.45) is 4.39. The van der Waals surface area contributed by atoms with E-state index in [9.17, 15) is 0 Å². The predicted molar refractivity (Wildman–Crippen MR) is 64.7 cm³/mol. The van der Waals surface area contributed by atoms with Crippen LogP contribution in [0.3, 0.4) is 0 Å². The lowest BCUT2D eigenvalue weighted by Crippen LogP contribution is -2.42. The first-order chi connectivity index (χ1) is 7.34. The number of halogens is 1. The van der Waals surface area contributed by atoms with Crippen LogP contribution in [0.4, 0.5) is 0 Å². The van der Waals surface area contributed by atoms with E-state index in [0.29, 0.717) is 6.04 Å². The van der Waals surface area contributed by atoms with Crippen molar-refractivity contribution in [3.63, 3.8) is 0 Å². The van der Waals surface area contributed by atoms with Gasteiger partial charge in [-0.3, -0.25) is 0 Å². The highest BCUT2D eigenvalue weighted by Gasteiger charge is 2.11. The Morgan fingerprint density at radius 3 is 3.27 bits per heavy atom. The van der Waals surface area contributed by atoms with E-state index in [4.69, 9.17) is 0 Å². The Hall–Kier alpha value is -0.450. The second kappa shape index (κ2) is 5.58. The summed E-state index contributed by atoms with van der Waals surface area (Å²) in [5, 5.41) is 6.95. The second-order valence-corrected chi connectivity index (χ2v) is 4.72. The van der Waals surface area contributed by atoms with Crippen LogP contribution in [0, 0.1) is 0 Å². The summed E-state index contributed by atoms with van der Waals surface area (Å²) in [5.41, 5.74) is 1.28. The maximum absolute atomic E-state index is 4.11. The van der Waals surface area contributed by atoms with Gasteiger partial charge < -0.3 is 10.6 Å². The van der Waals surface area contributed by atoms with Crippen LogP contribution in [0.1, 0.15) is 18.4 Å². The van der Waals surface area contributed by atoms with Gasteiger partial charge in [-0.2, -0.15) is 0 Å². The minimum absolute atomic E-state index is 0.616. The molecule has 3 nitrogen and oxygen atoms in total. The van der Waals surface area contributed by atoms with Gasteiger partial charge in [0, 0.05) is 25.3 Å². The molecule has 1 saturated heterocycles. The Bertz CT molecular complexity index is 310. The van der Waals surface area contributed by atoms with Crippen molar-refractivity contribution in [2.45, 2.75) is 25.4 Å². The molecule has 2 rings (SSSR count). The molecule has 1 fully saturated rings. The highest BCUT2D eigenvalue weighted by molar-refractivity contribution is 9.10. The fourth-order valence-electron chi connectivity index (χ4n) is 1.84. The van der Waals surface area contributed by atoms with E-state index in [0.717, 1.165) is 17.7 Å². The Morgan fingerprint density at radius 2 is 2.53 bits per heavy atom. The highest BCUT2D eigenvalue weighted by atomic mass is 79.9. The molecule has 1 aromatic rings. The van der Waals surface area contributed by atoms with E-state index < -0.39 is 0 Å². The fraction of sp³-hybridized carbons (Fsp3) is 0.545. The number of hydrogen-bond acceptors (Lipinski definition) is 3. The number of pyridine rings is 1. The van der Waals surface area contributed by atoms with Gasteiger partial charge in [-0.15, -0.1) is 0 Å². The standard InChI is InChI=1S/C11H16BrN3/c12-11-6-9(3-5-14-11)7-15-10-2-1-4-13-8-10/h3,5-6,10,13,15H,1-2,4,7-8H2. The van der Waals surface area contributed by atoms with Gasteiger partial charge in [-0.1, -0.05) is 0 Å². The number of nitrogens with one attached hydrogen (secondary N) is 2. The number of piperidine rings is 1. The molecule has 0 spiro atoms. The molecule has 82 valence electrons. The molecule has 1 unspecified atom stereocenters. The van der Waals surface area contributed by atoms with E-state index >= 15 is 0 Å². The first kappa shape index (κ1) is 11.0. The third-order valence-corrected chi connectivity index (χ3v) is 3.12. The molecule has 1 aliphatic rings. The van der Waals surface area contributed by atoms with Crippen molar-refractivity contribution in [1.82, 2.24) is 15.6 Å². The number of hydrogen-bond donors (Lipinski definition) is 2. The zero-order valence-electron chi connectivity index (χ0n) is 8.67. The van der Waals surface area contributed by atoms with Crippen molar-refractivity contribution in [1.29, 1.82) is 0 Å². The summed E-state index contributed by atoms with van der Waals surface area (Å²) < 4.78 is 0.906. The molecule has 15 heavy (non-hydrogen) atoms.